The van der Waals surface area contributed by atoms with E-state index >= 15 is 0 Å². The first kappa shape index (κ1) is 19.5. The van der Waals surface area contributed by atoms with Gasteiger partial charge in [-0.3, -0.25) is 4.79 Å². The number of carbonyl (C=O) groups is 1. The lowest BCUT2D eigenvalue weighted by Crippen LogP contribution is -2.52. The van der Waals surface area contributed by atoms with Crippen molar-refractivity contribution in [1.82, 2.24) is 9.21 Å². The summed E-state index contributed by atoms with van der Waals surface area (Å²) in [5, 5.41) is 0.494. The maximum Gasteiger partial charge on any atom is 0.251 e. The molecule has 9 heteroatoms. The fraction of sp³-hybridized carbons (Fsp3) is 0.533. The van der Waals surface area contributed by atoms with Crippen LogP contribution < -0.4 is 0 Å². The maximum atomic E-state index is 12.7. The zero-order valence-electron chi connectivity index (χ0n) is 13.5. The Hall–Kier alpha value is -0.860. The van der Waals surface area contributed by atoms with E-state index in [0.717, 1.165) is 0 Å². The van der Waals surface area contributed by atoms with E-state index in [-0.39, 0.29) is 28.9 Å². The highest BCUT2D eigenvalue weighted by atomic mass is 35.5. The third-order valence-electron chi connectivity index (χ3n) is 3.84. The molecule has 0 saturated carbocycles. The molecule has 0 radical (unpaired) electrons. The smallest absolute Gasteiger partial charge is 0.251 e. The van der Waals surface area contributed by atoms with Crippen LogP contribution in [0.25, 0.3) is 0 Å². The number of hydrogen-bond donors (Lipinski definition) is 0. The van der Waals surface area contributed by atoms with Gasteiger partial charge in [0.15, 0.2) is 0 Å². The van der Waals surface area contributed by atoms with Gasteiger partial charge >= 0.3 is 0 Å². The van der Waals surface area contributed by atoms with Gasteiger partial charge in [-0.2, -0.15) is 4.31 Å². The number of benzene rings is 1. The van der Waals surface area contributed by atoms with Crippen molar-refractivity contribution in [3.05, 3.63) is 28.2 Å². The molecule has 1 aromatic rings. The zero-order chi connectivity index (χ0) is 17.9. The Bertz CT molecular complexity index is 703. The van der Waals surface area contributed by atoms with Gasteiger partial charge in [-0.15, -0.1) is 0 Å². The van der Waals surface area contributed by atoms with E-state index in [1.54, 1.807) is 11.8 Å². The molecule has 0 spiro atoms. The topological polar surface area (TPSA) is 66.9 Å². The number of ether oxygens (including phenoxy) is 1. The molecule has 0 aliphatic carbocycles. The van der Waals surface area contributed by atoms with E-state index in [2.05, 4.69) is 0 Å². The fourth-order valence-electron chi connectivity index (χ4n) is 2.51. The number of nitrogens with zero attached hydrogens (tertiary/aromatic N) is 2. The average Bonchev–Trinajstić information content (AvgIpc) is 2.57. The standard InChI is InChI=1S/C15H20Cl2N2O4S/c1-3-23-11(2)15(20)18-6-8-19(9-7-18)24(21,22)12-4-5-13(16)14(17)10-12/h4-5,10-11H,3,6-9H2,1-2H3. The van der Waals surface area contributed by atoms with Crippen molar-refractivity contribution in [3.63, 3.8) is 0 Å². The third-order valence-corrected chi connectivity index (χ3v) is 6.48. The van der Waals surface area contributed by atoms with Crippen molar-refractivity contribution in [2.75, 3.05) is 32.8 Å². The fourth-order valence-corrected chi connectivity index (χ4v) is 4.33. The third kappa shape index (κ3) is 4.21. The SMILES string of the molecule is CCOC(C)C(=O)N1CCN(S(=O)(=O)c2ccc(Cl)c(Cl)c2)CC1. The Kier molecular flexibility index (Phi) is 6.50. The highest BCUT2D eigenvalue weighted by molar-refractivity contribution is 7.89. The van der Waals surface area contributed by atoms with E-state index in [9.17, 15) is 13.2 Å². The molecule has 1 saturated heterocycles. The minimum absolute atomic E-state index is 0.0966. The normalized spacial score (nSPS) is 17.8. The summed E-state index contributed by atoms with van der Waals surface area (Å²) in [4.78, 5) is 13.9. The van der Waals surface area contributed by atoms with Crippen molar-refractivity contribution in [3.8, 4) is 0 Å². The second-order valence-electron chi connectivity index (χ2n) is 5.40. The van der Waals surface area contributed by atoms with Crippen LogP contribution in [0, 0.1) is 0 Å². The number of halogens is 2. The Morgan fingerprint density at radius 1 is 1.21 bits per heavy atom. The van der Waals surface area contributed by atoms with Gasteiger partial charge in [0, 0.05) is 32.8 Å². The Morgan fingerprint density at radius 3 is 2.38 bits per heavy atom. The summed E-state index contributed by atoms with van der Waals surface area (Å²) >= 11 is 11.7. The quantitative estimate of drug-likeness (QED) is 0.767. The highest BCUT2D eigenvalue weighted by Gasteiger charge is 2.31. The molecule has 2 rings (SSSR count). The molecular weight excluding hydrogens is 375 g/mol. The van der Waals surface area contributed by atoms with E-state index in [1.165, 1.54) is 22.5 Å². The first-order chi connectivity index (χ1) is 11.3. The molecule has 0 aromatic heterocycles. The van der Waals surface area contributed by atoms with E-state index in [1.807, 2.05) is 6.92 Å². The van der Waals surface area contributed by atoms with E-state index in [4.69, 9.17) is 27.9 Å². The first-order valence-corrected chi connectivity index (χ1v) is 9.82. The molecule has 1 heterocycles. The lowest BCUT2D eigenvalue weighted by molar-refractivity contribution is -0.143. The molecule has 1 aliphatic rings. The second-order valence-corrected chi connectivity index (χ2v) is 8.16. The van der Waals surface area contributed by atoms with Crippen LogP contribution in [0.1, 0.15) is 13.8 Å². The molecular formula is C15H20Cl2N2O4S. The van der Waals surface area contributed by atoms with Crippen molar-refractivity contribution in [2.24, 2.45) is 0 Å². The van der Waals surface area contributed by atoms with Crippen LogP contribution in [-0.4, -0.2) is 62.4 Å². The van der Waals surface area contributed by atoms with Crippen LogP contribution in [0.15, 0.2) is 23.1 Å². The van der Waals surface area contributed by atoms with Crippen LogP contribution in [-0.2, 0) is 19.6 Å². The lowest BCUT2D eigenvalue weighted by Gasteiger charge is -2.35. The van der Waals surface area contributed by atoms with Gasteiger partial charge in [-0.05, 0) is 32.0 Å². The maximum absolute atomic E-state index is 12.7. The number of carbonyl (C=O) groups excluding carboxylic acids is 1. The summed E-state index contributed by atoms with van der Waals surface area (Å²) in [7, 11) is -3.66. The number of piperazine rings is 1. The van der Waals surface area contributed by atoms with E-state index in [0.29, 0.717) is 24.7 Å². The lowest BCUT2D eigenvalue weighted by atomic mass is 10.3. The molecule has 1 amide bonds. The van der Waals surface area contributed by atoms with Crippen molar-refractivity contribution >= 4 is 39.1 Å². The molecule has 24 heavy (non-hydrogen) atoms. The molecule has 1 unspecified atom stereocenters. The van der Waals surface area contributed by atoms with Crippen LogP contribution in [0.4, 0.5) is 0 Å². The largest absolute Gasteiger partial charge is 0.369 e. The number of hydrogen-bond acceptors (Lipinski definition) is 4. The molecule has 0 N–H and O–H groups in total. The van der Waals surface area contributed by atoms with Gasteiger partial charge in [0.25, 0.3) is 5.91 Å². The number of amides is 1. The first-order valence-electron chi connectivity index (χ1n) is 7.63. The van der Waals surface area contributed by atoms with Crippen LogP contribution in [0.5, 0.6) is 0 Å². The highest BCUT2D eigenvalue weighted by Crippen LogP contribution is 2.27. The monoisotopic (exact) mass is 394 g/mol. The molecule has 1 aromatic carbocycles. The minimum atomic E-state index is -3.66. The summed E-state index contributed by atoms with van der Waals surface area (Å²) < 4.78 is 32.0. The van der Waals surface area contributed by atoms with Crippen molar-refractivity contribution in [2.45, 2.75) is 24.8 Å². The molecule has 1 atom stereocenters. The summed E-state index contributed by atoms with van der Waals surface area (Å²) in [6.07, 6.45) is -0.520. The van der Waals surface area contributed by atoms with Gasteiger partial charge in [0.2, 0.25) is 10.0 Å². The number of rotatable bonds is 5. The van der Waals surface area contributed by atoms with Crippen LogP contribution in [0.2, 0.25) is 10.0 Å². The number of sulfonamides is 1. The molecule has 6 nitrogen and oxygen atoms in total. The Labute approximate surface area is 152 Å². The zero-order valence-corrected chi connectivity index (χ0v) is 15.9. The Balaban J connectivity index is 2.05. The molecule has 134 valence electrons. The molecule has 1 fully saturated rings. The predicted molar refractivity (Wildman–Crippen MR) is 92.9 cm³/mol. The van der Waals surface area contributed by atoms with E-state index < -0.39 is 16.1 Å². The predicted octanol–water partition coefficient (Wildman–Crippen LogP) is 2.25. The van der Waals surface area contributed by atoms with Gasteiger partial charge in [-0.25, -0.2) is 8.42 Å². The average molecular weight is 395 g/mol. The second kappa shape index (κ2) is 8.01. The van der Waals surface area contributed by atoms with Gasteiger partial charge in [-0.1, -0.05) is 23.2 Å². The minimum Gasteiger partial charge on any atom is -0.369 e. The molecule has 1 aliphatic heterocycles. The summed E-state index contributed by atoms with van der Waals surface area (Å²) in [5.41, 5.74) is 0. The molecule has 0 bridgehead atoms. The Morgan fingerprint density at radius 2 is 1.83 bits per heavy atom. The van der Waals surface area contributed by atoms with Crippen molar-refractivity contribution in [1.29, 1.82) is 0 Å². The van der Waals surface area contributed by atoms with Crippen LogP contribution >= 0.6 is 23.2 Å². The van der Waals surface area contributed by atoms with Gasteiger partial charge in [0.05, 0.1) is 14.9 Å². The summed E-state index contributed by atoms with van der Waals surface area (Å²) in [6, 6.07) is 4.23. The van der Waals surface area contributed by atoms with Gasteiger partial charge in [0.1, 0.15) is 6.10 Å². The summed E-state index contributed by atoms with van der Waals surface area (Å²) in [5.74, 6) is -0.122. The summed E-state index contributed by atoms with van der Waals surface area (Å²) in [6.45, 7) is 5.10. The van der Waals surface area contributed by atoms with Gasteiger partial charge < -0.3 is 9.64 Å². The van der Waals surface area contributed by atoms with Crippen molar-refractivity contribution < 1.29 is 17.9 Å². The van der Waals surface area contributed by atoms with Crippen LogP contribution in [0.3, 0.4) is 0 Å².